The zero-order chi connectivity index (χ0) is 27.8. The molecule has 0 radical (unpaired) electrons. The minimum Gasteiger partial charge on any atom is -0.493 e. The fourth-order valence-electron chi connectivity index (χ4n) is 5.09. The summed E-state index contributed by atoms with van der Waals surface area (Å²) in [5.41, 5.74) is 4.27. The maximum absolute atomic E-state index is 13.0. The Hall–Kier alpha value is -4.51. The Morgan fingerprint density at radius 2 is 1.80 bits per heavy atom. The Balaban J connectivity index is 1.67. The van der Waals surface area contributed by atoms with Crippen molar-refractivity contribution < 1.29 is 33.6 Å². The third-order valence-corrected chi connectivity index (χ3v) is 7.35. The van der Waals surface area contributed by atoms with Gasteiger partial charge in [0.05, 0.1) is 43.5 Å². The molecule has 0 bridgehead atoms. The number of benzene rings is 3. The van der Waals surface area contributed by atoms with Crippen LogP contribution in [0.3, 0.4) is 0 Å². The van der Waals surface area contributed by atoms with E-state index in [9.17, 15) is 9.90 Å². The molecule has 0 atom stereocenters. The van der Waals surface area contributed by atoms with Gasteiger partial charge in [0, 0.05) is 18.2 Å². The molecule has 206 valence electrons. The van der Waals surface area contributed by atoms with Crippen molar-refractivity contribution >= 4 is 39.6 Å². The number of methoxy groups -OCH3 is 2. The lowest BCUT2D eigenvalue weighted by Crippen LogP contribution is -2.15. The molecular formula is C29H27N3O7S. The monoisotopic (exact) mass is 561 g/mol. The Morgan fingerprint density at radius 1 is 1.00 bits per heavy atom. The van der Waals surface area contributed by atoms with Crippen LogP contribution < -0.4 is 23.7 Å². The second kappa shape index (κ2) is 10.6. The molecule has 1 aliphatic rings. The van der Waals surface area contributed by atoms with Crippen molar-refractivity contribution in [3.8, 4) is 39.9 Å². The molecule has 0 fully saturated rings. The van der Waals surface area contributed by atoms with Crippen molar-refractivity contribution in [2.45, 2.75) is 19.9 Å². The molecule has 40 heavy (non-hydrogen) atoms. The van der Waals surface area contributed by atoms with E-state index in [0.717, 1.165) is 34.7 Å². The van der Waals surface area contributed by atoms with E-state index in [2.05, 4.69) is 8.75 Å². The summed E-state index contributed by atoms with van der Waals surface area (Å²) in [6, 6.07) is 13.0. The molecule has 11 heteroatoms. The molecule has 3 heterocycles. The SMILES string of the molecule is CCCOc1c(OC)cc2c(c1OC)c(-c1ccc3c(c1)OCCO3)c(C(=O)O)n2Cc1ccc2nsnc2c1. The number of hydrogen-bond donors (Lipinski definition) is 1. The van der Waals surface area contributed by atoms with Crippen LogP contribution in [0.5, 0.6) is 28.7 Å². The van der Waals surface area contributed by atoms with Gasteiger partial charge < -0.3 is 33.4 Å². The average Bonchev–Trinajstić information content (AvgIpc) is 3.57. The van der Waals surface area contributed by atoms with Crippen LogP contribution >= 0.6 is 11.7 Å². The number of rotatable bonds is 9. The predicted octanol–water partition coefficient (Wildman–Crippen LogP) is 5.64. The smallest absolute Gasteiger partial charge is 0.353 e. The number of ether oxygens (including phenoxy) is 5. The standard InChI is InChI=1S/C29H27N3O7S/c1-4-9-39-27-23(35-2)14-20-25(28(27)36-3)24(17-6-8-21-22(13-17)38-11-10-37-21)26(29(33)34)32(20)15-16-5-7-18-19(12-16)31-40-30-18/h5-8,12-14H,4,9-11,15H2,1-3H3,(H,33,34). The maximum atomic E-state index is 13.0. The number of carboxylic acid groups (broad SMARTS) is 1. The molecule has 0 spiro atoms. The topological polar surface area (TPSA) is 114 Å². The highest BCUT2D eigenvalue weighted by atomic mass is 32.1. The van der Waals surface area contributed by atoms with Gasteiger partial charge in [-0.3, -0.25) is 0 Å². The third kappa shape index (κ3) is 4.32. The van der Waals surface area contributed by atoms with Crippen LogP contribution in [0.25, 0.3) is 33.1 Å². The summed E-state index contributed by atoms with van der Waals surface area (Å²) in [4.78, 5) is 13.0. The van der Waals surface area contributed by atoms with Crippen molar-refractivity contribution in [2.24, 2.45) is 0 Å². The van der Waals surface area contributed by atoms with Crippen molar-refractivity contribution in [1.82, 2.24) is 13.3 Å². The summed E-state index contributed by atoms with van der Waals surface area (Å²) < 4.78 is 39.7. The summed E-state index contributed by atoms with van der Waals surface area (Å²) in [6.45, 7) is 3.57. The van der Waals surface area contributed by atoms with E-state index in [4.69, 9.17) is 23.7 Å². The number of nitrogens with zero attached hydrogens (tertiary/aromatic N) is 3. The molecule has 6 rings (SSSR count). The minimum absolute atomic E-state index is 0.0937. The van der Waals surface area contributed by atoms with Crippen molar-refractivity contribution in [2.75, 3.05) is 34.0 Å². The Labute approximate surface area is 233 Å². The number of carboxylic acids is 1. The van der Waals surface area contributed by atoms with Crippen molar-refractivity contribution in [1.29, 1.82) is 0 Å². The van der Waals surface area contributed by atoms with Gasteiger partial charge in [-0.2, -0.15) is 8.75 Å². The van der Waals surface area contributed by atoms with E-state index in [-0.39, 0.29) is 12.2 Å². The number of carbonyl (C=O) groups is 1. The zero-order valence-corrected chi connectivity index (χ0v) is 23.0. The highest BCUT2D eigenvalue weighted by Gasteiger charge is 2.31. The number of aromatic carboxylic acids is 1. The quantitative estimate of drug-likeness (QED) is 0.244. The van der Waals surface area contributed by atoms with E-state index in [0.29, 0.717) is 70.6 Å². The lowest BCUT2D eigenvalue weighted by molar-refractivity contribution is 0.0687. The van der Waals surface area contributed by atoms with Crippen LogP contribution in [0, 0.1) is 0 Å². The van der Waals surface area contributed by atoms with E-state index in [1.165, 1.54) is 0 Å². The number of hydrogen-bond acceptors (Lipinski definition) is 9. The number of aromatic nitrogens is 3. The minimum atomic E-state index is -1.09. The van der Waals surface area contributed by atoms with Crippen LogP contribution in [-0.2, 0) is 6.54 Å². The van der Waals surface area contributed by atoms with E-state index in [1.807, 2.05) is 37.3 Å². The van der Waals surface area contributed by atoms with Gasteiger partial charge in [-0.15, -0.1) is 0 Å². The van der Waals surface area contributed by atoms with E-state index < -0.39 is 5.97 Å². The Bertz CT molecular complexity index is 1740. The molecule has 5 aromatic rings. The van der Waals surface area contributed by atoms with Gasteiger partial charge in [0.1, 0.15) is 29.9 Å². The summed E-state index contributed by atoms with van der Waals surface area (Å²) >= 11 is 1.14. The van der Waals surface area contributed by atoms with E-state index >= 15 is 0 Å². The van der Waals surface area contributed by atoms with Gasteiger partial charge >= 0.3 is 5.97 Å². The normalized spacial score (nSPS) is 12.6. The van der Waals surface area contributed by atoms with Crippen LogP contribution in [0.4, 0.5) is 0 Å². The summed E-state index contributed by atoms with van der Waals surface area (Å²) in [6.07, 6.45) is 0.773. The van der Waals surface area contributed by atoms with Gasteiger partial charge in [-0.1, -0.05) is 19.1 Å². The summed E-state index contributed by atoms with van der Waals surface area (Å²) in [5, 5.41) is 11.3. The second-order valence-electron chi connectivity index (χ2n) is 9.24. The Morgan fingerprint density at radius 3 is 2.55 bits per heavy atom. The molecule has 0 amide bonds. The molecule has 0 unspecified atom stereocenters. The molecule has 1 aliphatic heterocycles. The molecule has 2 aromatic heterocycles. The van der Waals surface area contributed by atoms with Gasteiger partial charge in [0.2, 0.25) is 5.75 Å². The lowest BCUT2D eigenvalue weighted by atomic mass is 9.99. The molecule has 0 aliphatic carbocycles. The largest absolute Gasteiger partial charge is 0.493 e. The van der Waals surface area contributed by atoms with Crippen LogP contribution in [0.2, 0.25) is 0 Å². The van der Waals surface area contributed by atoms with Crippen LogP contribution in [-0.4, -0.2) is 58.4 Å². The molecular weight excluding hydrogens is 534 g/mol. The zero-order valence-electron chi connectivity index (χ0n) is 22.2. The predicted molar refractivity (Wildman–Crippen MR) is 151 cm³/mol. The molecule has 0 saturated heterocycles. The second-order valence-corrected chi connectivity index (χ2v) is 9.77. The summed E-state index contributed by atoms with van der Waals surface area (Å²) in [5.74, 6) is 1.34. The molecule has 10 nitrogen and oxygen atoms in total. The summed E-state index contributed by atoms with van der Waals surface area (Å²) in [7, 11) is 3.09. The fourth-order valence-corrected chi connectivity index (χ4v) is 5.61. The van der Waals surface area contributed by atoms with Crippen molar-refractivity contribution in [3.05, 3.63) is 53.7 Å². The number of fused-ring (bicyclic) bond motifs is 3. The lowest BCUT2D eigenvalue weighted by Gasteiger charge is -2.19. The highest BCUT2D eigenvalue weighted by molar-refractivity contribution is 7.00. The van der Waals surface area contributed by atoms with Gasteiger partial charge in [-0.05, 0) is 41.8 Å². The Kier molecular flexibility index (Phi) is 6.81. The first-order chi connectivity index (χ1) is 19.5. The molecule has 3 aromatic carbocycles. The van der Waals surface area contributed by atoms with Crippen LogP contribution in [0.15, 0.2) is 42.5 Å². The van der Waals surface area contributed by atoms with E-state index in [1.54, 1.807) is 30.9 Å². The molecule has 0 saturated carbocycles. The first-order valence-electron chi connectivity index (χ1n) is 12.8. The van der Waals surface area contributed by atoms with Crippen molar-refractivity contribution in [3.63, 3.8) is 0 Å². The van der Waals surface area contributed by atoms with Gasteiger partial charge in [-0.25, -0.2) is 4.79 Å². The average molecular weight is 562 g/mol. The van der Waals surface area contributed by atoms with Crippen LogP contribution in [0.1, 0.15) is 29.4 Å². The maximum Gasteiger partial charge on any atom is 0.353 e. The van der Waals surface area contributed by atoms with Gasteiger partial charge in [0.25, 0.3) is 0 Å². The molecule has 1 N–H and O–H groups in total. The van der Waals surface area contributed by atoms with Gasteiger partial charge in [0.15, 0.2) is 23.0 Å². The highest BCUT2D eigenvalue weighted by Crippen LogP contribution is 2.50. The fraction of sp³-hybridized carbons (Fsp3) is 0.276. The first-order valence-corrected chi connectivity index (χ1v) is 13.6. The first kappa shape index (κ1) is 25.8. The third-order valence-electron chi connectivity index (χ3n) is 6.80.